The molecular formula is C20H23N3O4. The topological polar surface area (TPSA) is 114 Å². The van der Waals surface area contributed by atoms with Gasteiger partial charge in [0.15, 0.2) is 12.4 Å². The Labute approximate surface area is 158 Å². The molecule has 7 heteroatoms. The molecule has 0 aromatic heterocycles. The van der Waals surface area contributed by atoms with Crippen LogP contribution in [0.1, 0.15) is 21.5 Å². The Balaban J connectivity index is 1.72. The monoisotopic (exact) mass is 369 g/mol. The molecule has 0 atom stereocenters. The first-order valence-corrected chi connectivity index (χ1v) is 8.46. The number of ether oxygens (including phenoxy) is 2. The number of benzene rings is 2. The first-order valence-electron chi connectivity index (χ1n) is 8.46. The Hall–Kier alpha value is -3.19. The van der Waals surface area contributed by atoms with Crippen molar-refractivity contribution in [3.63, 3.8) is 0 Å². The maximum absolute atomic E-state index is 12.1. The molecule has 27 heavy (non-hydrogen) atoms. The zero-order chi connectivity index (χ0) is 19.6. The molecular weight excluding hydrogens is 346 g/mol. The minimum atomic E-state index is -0.427. The van der Waals surface area contributed by atoms with Crippen molar-refractivity contribution in [2.75, 3.05) is 26.8 Å². The van der Waals surface area contributed by atoms with Gasteiger partial charge in [-0.3, -0.25) is 10.2 Å². The van der Waals surface area contributed by atoms with Crippen molar-refractivity contribution in [2.24, 2.45) is 5.73 Å². The number of nitrogens with one attached hydrogen (secondary N) is 2. The normalized spacial score (nSPS) is 10.3. The van der Waals surface area contributed by atoms with Crippen LogP contribution in [0, 0.1) is 5.41 Å². The average Bonchev–Trinajstić information content (AvgIpc) is 2.70. The van der Waals surface area contributed by atoms with Crippen LogP contribution >= 0.6 is 0 Å². The summed E-state index contributed by atoms with van der Waals surface area (Å²) in [5, 5.41) is 10.5. The molecule has 0 aliphatic carbocycles. The van der Waals surface area contributed by atoms with E-state index in [1.165, 1.54) is 7.11 Å². The van der Waals surface area contributed by atoms with E-state index in [4.69, 9.17) is 15.9 Å². The van der Waals surface area contributed by atoms with Crippen LogP contribution in [-0.2, 0) is 16.0 Å². The molecule has 0 heterocycles. The lowest BCUT2D eigenvalue weighted by Crippen LogP contribution is -2.25. The third-order valence-electron chi connectivity index (χ3n) is 3.90. The highest BCUT2D eigenvalue weighted by Crippen LogP contribution is 2.12. The van der Waals surface area contributed by atoms with Gasteiger partial charge < -0.3 is 20.5 Å². The third kappa shape index (κ3) is 6.56. The molecule has 4 N–H and O–H groups in total. The number of methoxy groups -OCH3 is 1. The van der Waals surface area contributed by atoms with Gasteiger partial charge in [0.05, 0.1) is 13.7 Å². The molecule has 2 aromatic rings. The number of nitrogens with two attached hydrogens (primary N) is 1. The average molecular weight is 369 g/mol. The fourth-order valence-corrected chi connectivity index (χ4v) is 2.33. The molecule has 0 saturated carbocycles. The summed E-state index contributed by atoms with van der Waals surface area (Å²) in [6.45, 7) is 0.770. The summed E-state index contributed by atoms with van der Waals surface area (Å²) in [6, 6.07) is 14.1. The number of nitrogen functional groups attached to an aromatic ring is 1. The molecule has 0 aliphatic rings. The van der Waals surface area contributed by atoms with Crippen LogP contribution in [0.5, 0.6) is 5.75 Å². The number of carbonyl (C=O) groups excluding carboxylic acids is 2. The standard InChI is InChI=1S/C20H23N3O4/c1-26-19(25)13-27-17-8-2-14(3-9-17)10-11-23-12-18(24)15-4-6-16(7-5-15)20(21)22/h2-9,23H,10-13H2,1H3,(H3,21,22). The second kappa shape index (κ2) is 10.1. The summed E-state index contributed by atoms with van der Waals surface area (Å²) in [4.78, 5) is 23.2. The van der Waals surface area contributed by atoms with Gasteiger partial charge in [-0.15, -0.1) is 0 Å². The van der Waals surface area contributed by atoms with Crippen molar-refractivity contribution in [3.05, 3.63) is 65.2 Å². The lowest BCUT2D eigenvalue weighted by Gasteiger charge is -2.07. The summed E-state index contributed by atoms with van der Waals surface area (Å²) in [6.07, 6.45) is 0.758. The third-order valence-corrected chi connectivity index (χ3v) is 3.90. The van der Waals surface area contributed by atoms with Crippen LogP contribution in [0.25, 0.3) is 0 Å². The van der Waals surface area contributed by atoms with Gasteiger partial charge in [-0.2, -0.15) is 0 Å². The Bertz CT molecular complexity index is 786. The van der Waals surface area contributed by atoms with E-state index in [1.54, 1.807) is 36.4 Å². The van der Waals surface area contributed by atoms with Gasteiger partial charge >= 0.3 is 5.97 Å². The number of amidine groups is 1. The number of esters is 1. The summed E-state index contributed by atoms with van der Waals surface area (Å²) in [7, 11) is 1.31. The molecule has 7 nitrogen and oxygen atoms in total. The molecule has 0 radical (unpaired) electrons. The van der Waals surface area contributed by atoms with Crippen molar-refractivity contribution < 1.29 is 19.1 Å². The van der Waals surface area contributed by atoms with E-state index in [2.05, 4.69) is 10.1 Å². The SMILES string of the molecule is COC(=O)COc1ccc(CCNCC(=O)c2ccc(C(=N)N)cc2)cc1. The van der Waals surface area contributed by atoms with E-state index in [-0.39, 0.29) is 24.8 Å². The number of hydrogen-bond donors (Lipinski definition) is 3. The van der Waals surface area contributed by atoms with E-state index in [0.29, 0.717) is 23.4 Å². The van der Waals surface area contributed by atoms with E-state index in [9.17, 15) is 9.59 Å². The summed E-state index contributed by atoms with van der Waals surface area (Å²) in [5.74, 6) is 0.135. The van der Waals surface area contributed by atoms with Gasteiger partial charge in [-0.1, -0.05) is 36.4 Å². The van der Waals surface area contributed by atoms with Gasteiger partial charge in [-0.25, -0.2) is 4.79 Å². The largest absolute Gasteiger partial charge is 0.482 e. The molecule has 2 rings (SSSR count). The van der Waals surface area contributed by atoms with E-state index < -0.39 is 5.97 Å². The predicted octanol–water partition coefficient (Wildman–Crippen LogP) is 1.54. The fraction of sp³-hybridized carbons (Fsp3) is 0.250. The number of ketones is 1. The molecule has 0 aliphatic heterocycles. The second-order valence-corrected chi connectivity index (χ2v) is 5.85. The zero-order valence-corrected chi connectivity index (χ0v) is 15.2. The second-order valence-electron chi connectivity index (χ2n) is 5.85. The van der Waals surface area contributed by atoms with Gasteiger partial charge in [0.25, 0.3) is 0 Å². The minimum absolute atomic E-state index is 0.0170. The first kappa shape index (κ1) is 20.1. The summed E-state index contributed by atoms with van der Waals surface area (Å²) in [5.41, 5.74) is 7.66. The zero-order valence-electron chi connectivity index (χ0n) is 15.2. The Morgan fingerprint density at radius 1 is 1.04 bits per heavy atom. The smallest absolute Gasteiger partial charge is 0.343 e. The molecule has 0 amide bonds. The highest BCUT2D eigenvalue weighted by molar-refractivity contribution is 5.99. The molecule has 0 spiro atoms. The van der Waals surface area contributed by atoms with Crippen molar-refractivity contribution in [1.82, 2.24) is 5.32 Å². The maximum Gasteiger partial charge on any atom is 0.343 e. The number of carbonyl (C=O) groups is 2. The van der Waals surface area contributed by atoms with Crippen molar-refractivity contribution in [3.8, 4) is 5.75 Å². The molecule has 0 saturated heterocycles. The Kier molecular flexibility index (Phi) is 7.51. The molecule has 142 valence electrons. The Morgan fingerprint density at radius 3 is 2.26 bits per heavy atom. The lowest BCUT2D eigenvalue weighted by atomic mass is 10.1. The number of Topliss-reactive ketones (excluding diaryl/α,β-unsaturated/α-hetero) is 1. The number of rotatable bonds is 10. The van der Waals surface area contributed by atoms with Crippen molar-refractivity contribution in [1.29, 1.82) is 5.41 Å². The first-order chi connectivity index (χ1) is 13.0. The summed E-state index contributed by atoms with van der Waals surface area (Å²) < 4.78 is 9.80. The molecule has 0 fully saturated rings. The highest BCUT2D eigenvalue weighted by Gasteiger charge is 2.06. The minimum Gasteiger partial charge on any atom is -0.482 e. The van der Waals surface area contributed by atoms with Crippen LogP contribution in [0.3, 0.4) is 0 Å². The fourth-order valence-electron chi connectivity index (χ4n) is 2.33. The van der Waals surface area contributed by atoms with Crippen LogP contribution in [0.4, 0.5) is 0 Å². The predicted molar refractivity (Wildman–Crippen MR) is 102 cm³/mol. The van der Waals surface area contributed by atoms with Crippen LogP contribution in [0.2, 0.25) is 0 Å². The Morgan fingerprint density at radius 2 is 1.67 bits per heavy atom. The van der Waals surface area contributed by atoms with Crippen LogP contribution in [-0.4, -0.2) is 44.4 Å². The van der Waals surface area contributed by atoms with E-state index in [0.717, 1.165) is 12.0 Å². The van der Waals surface area contributed by atoms with Crippen molar-refractivity contribution in [2.45, 2.75) is 6.42 Å². The van der Waals surface area contributed by atoms with Gasteiger partial charge in [0.2, 0.25) is 0 Å². The van der Waals surface area contributed by atoms with E-state index in [1.807, 2.05) is 12.1 Å². The quantitative estimate of drug-likeness (QED) is 0.192. The van der Waals surface area contributed by atoms with Crippen LogP contribution in [0.15, 0.2) is 48.5 Å². The molecule has 2 aromatic carbocycles. The van der Waals surface area contributed by atoms with Gasteiger partial charge in [-0.05, 0) is 30.7 Å². The van der Waals surface area contributed by atoms with Gasteiger partial charge in [0, 0.05) is 11.1 Å². The van der Waals surface area contributed by atoms with Crippen molar-refractivity contribution >= 4 is 17.6 Å². The molecule has 0 unspecified atom stereocenters. The highest BCUT2D eigenvalue weighted by atomic mass is 16.6. The van der Waals surface area contributed by atoms with Crippen LogP contribution < -0.4 is 15.8 Å². The lowest BCUT2D eigenvalue weighted by molar-refractivity contribution is -0.142. The van der Waals surface area contributed by atoms with Gasteiger partial charge in [0.1, 0.15) is 11.6 Å². The molecule has 0 bridgehead atoms. The number of hydrogen-bond acceptors (Lipinski definition) is 6. The maximum atomic E-state index is 12.1. The van der Waals surface area contributed by atoms with E-state index >= 15 is 0 Å². The summed E-state index contributed by atoms with van der Waals surface area (Å²) >= 11 is 0.